The molecule has 0 aromatic heterocycles. The van der Waals surface area contributed by atoms with Crippen molar-refractivity contribution in [2.24, 2.45) is 0 Å². The minimum Gasteiger partial charge on any atom is -0.466 e. The first-order chi connectivity index (χ1) is 11.3. The quantitative estimate of drug-likeness (QED) is 0.833. The Hall–Kier alpha value is -2.82. The summed E-state index contributed by atoms with van der Waals surface area (Å²) in [5.41, 5.74) is 2.66. The largest absolute Gasteiger partial charge is 0.466 e. The molecule has 1 aliphatic heterocycles. The second kappa shape index (κ2) is 5.67. The minimum atomic E-state index is -1.63. The van der Waals surface area contributed by atoms with Crippen molar-refractivity contribution in [2.45, 2.75) is 33.3 Å². The first-order valence-electron chi connectivity index (χ1n) is 7.79. The number of hydrogen-bond acceptors (Lipinski definition) is 3. The third-order valence-corrected chi connectivity index (χ3v) is 4.04. The summed E-state index contributed by atoms with van der Waals surface area (Å²) < 4.78 is 5.76. The number of ether oxygens (including phenoxy) is 1. The van der Waals surface area contributed by atoms with Gasteiger partial charge in [0.05, 0.1) is 5.69 Å². The molecule has 124 valence electrons. The van der Waals surface area contributed by atoms with Gasteiger partial charge >= 0.3 is 0 Å². The number of aryl methyl sites for hydroxylation is 3. The van der Waals surface area contributed by atoms with Crippen molar-refractivity contribution in [1.29, 1.82) is 0 Å². The number of carbonyl (C=O) groups is 2. The standard InChI is InChI=1S/C19H20N2O3/c1-11-5-6-16-15(10-11)21-18(23)19(4,24-16)17(22)20-14-8-12(2)7-13(3)9-14/h5-10H,1-4H3,(H,20,22)(H,21,23). The second-order valence-corrected chi connectivity index (χ2v) is 6.42. The van der Waals surface area contributed by atoms with Gasteiger partial charge in [-0.2, -0.15) is 0 Å². The molecule has 1 aliphatic rings. The van der Waals surface area contributed by atoms with Gasteiger partial charge in [-0.15, -0.1) is 0 Å². The molecule has 3 rings (SSSR count). The Morgan fingerprint density at radius 2 is 1.71 bits per heavy atom. The van der Waals surface area contributed by atoms with Crippen LogP contribution in [0.3, 0.4) is 0 Å². The third-order valence-electron chi connectivity index (χ3n) is 4.04. The highest BCUT2D eigenvalue weighted by atomic mass is 16.5. The Morgan fingerprint density at radius 1 is 1.04 bits per heavy atom. The lowest BCUT2D eigenvalue weighted by Crippen LogP contribution is -2.56. The van der Waals surface area contributed by atoms with E-state index in [2.05, 4.69) is 10.6 Å². The average molecular weight is 324 g/mol. The highest BCUT2D eigenvalue weighted by Crippen LogP contribution is 2.34. The van der Waals surface area contributed by atoms with Gasteiger partial charge in [0.25, 0.3) is 17.4 Å². The summed E-state index contributed by atoms with van der Waals surface area (Å²) in [7, 11) is 0. The number of carbonyl (C=O) groups excluding carboxylic acids is 2. The molecular weight excluding hydrogens is 304 g/mol. The van der Waals surface area contributed by atoms with E-state index in [0.29, 0.717) is 17.1 Å². The molecular formula is C19H20N2O3. The fourth-order valence-electron chi connectivity index (χ4n) is 2.79. The number of benzene rings is 2. The zero-order valence-electron chi connectivity index (χ0n) is 14.2. The second-order valence-electron chi connectivity index (χ2n) is 6.42. The Balaban J connectivity index is 1.88. The van der Waals surface area contributed by atoms with Gasteiger partial charge in [0, 0.05) is 5.69 Å². The molecule has 1 unspecified atom stereocenters. The van der Waals surface area contributed by atoms with E-state index >= 15 is 0 Å². The van der Waals surface area contributed by atoms with E-state index in [1.165, 1.54) is 6.92 Å². The van der Waals surface area contributed by atoms with Gasteiger partial charge in [0.1, 0.15) is 5.75 Å². The van der Waals surface area contributed by atoms with Crippen LogP contribution >= 0.6 is 0 Å². The number of fused-ring (bicyclic) bond motifs is 1. The smallest absolute Gasteiger partial charge is 0.278 e. The summed E-state index contributed by atoms with van der Waals surface area (Å²) in [5.74, 6) is -0.503. The van der Waals surface area contributed by atoms with E-state index in [1.54, 1.807) is 6.07 Å². The number of anilines is 2. The van der Waals surface area contributed by atoms with Crippen molar-refractivity contribution < 1.29 is 14.3 Å². The van der Waals surface area contributed by atoms with Crippen LogP contribution in [0.2, 0.25) is 0 Å². The van der Waals surface area contributed by atoms with Crippen molar-refractivity contribution in [3.63, 3.8) is 0 Å². The predicted octanol–water partition coefficient (Wildman–Crippen LogP) is 3.34. The molecule has 0 spiro atoms. The molecule has 1 atom stereocenters. The van der Waals surface area contributed by atoms with Gasteiger partial charge in [-0.25, -0.2) is 0 Å². The summed E-state index contributed by atoms with van der Waals surface area (Å²) in [6.45, 7) is 7.30. The van der Waals surface area contributed by atoms with Gasteiger partial charge in [-0.3, -0.25) is 9.59 Å². The summed E-state index contributed by atoms with van der Waals surface area (Å²) in [6.07, 6.45) is 0. The van der Waals surface area contributed by atoms with Gasteiger partial charge < -0.3 is 15.4 Å². The Kier molecular flexibility index (Phi) is 3.79. The molecule has 0 bridgehead atoms. The van der Waals surface area contributed by atoms with E-state index in [0.717, 1.165) is 16.7 Å². The van der Waals surface area contributed by atoms with E-state index in [4.69, 9.17) is 4.74 Å². The summed E-state index contributed by atoms with van der Waals surface area (Å²) >= 11 is 0. The third kappa shape index (κ3) is 2.85. The van der Waals surface area contributed by atoms with E-state index in [1.807, 2.05) is 51.1 Å². The van der Waals surface area contributed by atoms with Gasteiger partial charge in [0.2, 0.25) is 0 Å². The van der Waals surface area contributed by atoms with Crippen LogP contribution < -0.4 is 15.4 Å². The molecule has 1 heterocycles. The van der Waals surface area contributed by atoms with Crippen molar-refractivity contribution in [3.05, 3.63) is 53.1 Å². The molecule has 0 radical (unpaired) electrons. The molecule has 2 aromatic rings. The topological polar surface area (TPSA) is 67.4 Å². The zero-order valence-corrected chi connectivity index (χ0v) is 14.2. The molecule has 24 heavy (non-hydrogen) atoms. The predicted molar refractivity (Wildman–Crippen MR) is 93.4 cm³/mol. The molecule has 2 amide bonds. The van der Waals surface area contributed by atoms with Crippen LogP contribution in [0.1, 0.15) is 23.6 Å². The molecule has 5 heteroatoms. The normalized spacial score (nSPS) is 19.1. The van der Waals surface area contributed by atoms with Gasteiger partial charge in [-0.1, -0.05) is 12.1 Å². The molecule has 0 saturated heterocycles. The molecule has 0 fully saturated rings. The zero-order chi connectivity index (χ0) is 17.5. The Labute approximate surface area is 141 Å². The monoisotopic (exact) mass is 324 g/mol. The maximum Gasteiger partial charge on any atom is 0.278 e. The lowest BCUT2D eigenvalue weighted by molar-refractivity contribution is -0.143. The Bertz CT molecular complexity index is 824. The fraction of sp³-hybridized carbons (Fsp3) is 0.263. The van der Waals surface area contributed by atoms with Crippen LogP contribution in [0.5, 0.6) is 5.75 Å². The van der Waals surface area contributed by atoms with Crippen molar-refractivity contribution in [3.8, 4) is 5.75 Å². The summed E-state index contributed by atoms with van der Waals surface area (Å²) in [4.78, 5) is 25.2. The van der Waals surface area contributed by atoms with Gasteiger partial charge in [0.15, 0.2) is 0 Å². The van der Waals surface area contributed by atoms with Crippen LogP contribution in [-0.4, -0.2) is 17.4 Å². The molecule has 0 saturated carbocycles. The molecule has 0 aliphatic carbocycles. The van der Waals surface area contributed by atoms with Crippen molar-refractivity contribution >= 4 is 23.2 Å². The lowest BCUT2D eigenvalue weighted by atomic mass is 10.0. The summed E-state index contributed by atoms with van der Waals surface area (Å²) in [5, 5.41) is 5.54. The van der Waals surface area contributed by atoms with E-state index < -0.39 is 17.4 Å². The van der Waals surface area contributed by atoms with Gasteiger partial charge in [-0.05, 0) is 68.7 Å². The van der Waals surface area contributed by atoms with Crippen LogP contribution in [0, 0.1) is 20.8 Å². The van der Waals surface area contributed by atoms with Crippen LogP contribution in [-0.2, 0) is 9.59 Å². The SMILES string of the molecule is Cc1cc(C)cc(NC(=O)C2(C)Oc3ccc(C)cc3NC2=O)c1. The van der Waals surface area contributed by atoms with E-state index in [9.17, 15) is 9.59 Å². The maximum absolute atomic E-state index is 12.7. The lowest BCUT2D eigenvalue weighted by Gasteiger charge is -2.33. The fourth-order valence-corrected chi connectivity index (χ4v) is 2.79. The van der Waals surface area contributed by atoms with Crippen LogP contribution in [0.15, 0.2) is 36.4 Å². The number of hydrogen-bond donors (Lipinski definition) is 2. The van der Waals surface area contributed by atoms with Crippen molar-refractivity contribution in [1.82, 2.24) is 0 Å². The summed E-state index contributed by atoms with van der Waals surface area (Å²) in [6, 6.07) is 11.2. The Morgan fingerprint density at radius 3 is 2.38 bits per heavy atom. The first-order valence-corrected chi connectivity index (χ1v) is 7.79. The minimum absolute atomic E-state index is 0.484. The number of rotatable bonds is 2. The van der Waals surface area contributed by atoms with E-state index in [-0.39, 0.29) is 0 Å². The molecule has 2 N–H and O–H groups in total. The molecule has 5 nitrogen and oxygen atoms in total. The van der Waals surface area contributed by atoms with Crippen molar-refractivity contribution in [2.75, 3.05) is 10.6 Å². The number of amides is 2. The highest BCUT2D eigenvalue weighted by molar-refractivity contribution is 6.19. The van der Waals surface area contributed by atoms with Crippen LogP contribution in [0.25, 0.3) is 0 Å². The number of nitrogens with one attached hydrogen (secondary N) is 2. The van der Waals surface area contributed by atoms with Crippen LogP contribution in [0.4, 0.5) is 11.4 Å². The first kappa shape index (κ1) is 16.1. The highest BCUT2D eigenvalue weighted by Gasteiger charge is 2.47. The maximum atomic E-state index is 12.7. The molecule has 2 aromatic carbocycles. The average Bonchev–Trinajstić information content (AvgIpc) is 2.47.